The van der Waals surface area contributed by atoms with Gasteiger partial charge in [-0.2, -0.15) is 5.06 Å². The Kier molecular flexibility index (Phi) is 4.17. The molecule has 158 valence electrons. The number of phenolic OH excluding ortho intramolecular Hbond substituents is 1. The molecule has 4 atom stereocenters. The summed E-state index contributed by atoms with van der Waals surface area (Å²) >= 11 is 0. The fourth-order valence-corrected chi connectivity index (χ4v) is 5.64. The number of fused-ring (bicyclic) bond motifs is 3. The van der Waals surface area contributed by atoms with E-state index in [4.69, 9.17) is 0 Å². The van der Waals surface area contributed by atoms with Crippen LogP contribution in [0.4, 0.5) is 0 Å². The van der Waals surface area contributed by atoms with Crippen molar-refractivity contribution >= 4 is 23.4 Å². The van der Waals surface area contributed by atoms with Crippen LogP contribution in [0.5, 0.6) is 5.75 Å². The largest absolute Gasteiger partial charge is 0.507 e. The molecule has 7 nitrogen and oxygen atoms in total. The number of rotatable bonds is 1. The number of ketones is 2. The molecule has 1 heterocycles. The van der Waals surface area contributed by atoms with Gasteiger partial charge in [-0.1, -0.05) is 29.8 Å². The number of para-hydroxylation sites is 1. The molecule has 5 rings (SSSR count). The first-order chi connectivity index (χ1) is 14.7. The first-order valence-corrected chi connectivity index (χ1v) is 10.3. The van der Waals surface area contributed by atoms with E-state index in [1.54, 1.807) is 32.0 Å². The number of hydrogen-bond donors (Lipinski definition) is 2. The van der Waals surface area contributed by atoms with E-state index in [0.717, 1.165) is 5.57 Å². The van der Waals surface area contributed by atoms with E-state index in [2.05, 4.69) is 0 Å². The lowest BCUT2D eigenvalue weighted by atomic mass is 9.59. The minimum atomic E-state index is -0.796. The number of carbonyl (C=O) groups excluding carboxylic acids is 4. The van der Waals surface area contributed by atoms with Crippen molar-refractivity contribution in [3.8, 4) is 5.75 Å². The van der Waals surface area contributed by atoms with E-state index in [1.165, 1.54) is 6.08 Å². The standard InChI is InChI=1S/C24H21NO6/c1-10-4-3-5-13(21(10)27)18-12-6-7-14-19(24(30)25(31)23(14)29)15(12)9-16-20(18)17(26)8-11(2)22(16)28/h3-6,8,14-15,18-19,27,31H,7,9H2,1-2H3. The third-order valence-corrected chi connectivity index (χ3v) is 7.12. The van der Waals surface area contributed by atoms with Gasteiger partial charge in [0.05, 0.1) is 11.8 Å². The lowest BCUT2D eigenvalue weighted by Crippen LogP contribution is -2.39. The number of benzene rings is 1. The Hall–Kier alpha value is -3.32. The zero-order chi connectivity index (χ0) is 22.2. The monoisotopic (exact) mass is 419 g/mol. The number of aryl methyl sites for hydroxylation is 1. The summed E-state index contributed by atoms with van der Waals surface area (Å²) in [5.74, 6) is -4.51. The van der Waals surface area contributed by atoms with E-state index in [0.29, 0.717) is 27.8 Å². The van der Waals surface area contributed by atoms with E-state index in [9.17, 15) is 29.5 Å². The molecule has 2 amide bonds. The Morgan fingerprint density at radius 2 is 1.77 bits per heavy atom. The van der Waals surface area contributed by atoms with Crippen molar-refractivity contribution in [1.29, 1.82) is 0 Å². The van der Waals surface area contributed by atoms with E-state index in [1.807, 2.05) is 6.08 Å². The average molecular weight is 419 g/mol. The third kappa shape index (κ3) is 2.56. The maximum Gasteiger partial charge on any atom is 0.257 e. The molecule has 7 heteroatoms. The highest BCUT2D eigenvalue weighted by molar-refractivity contribution is 6.23. The molecule has 4 aliphatic rings. The lowest BCUT2D eigenvalue weighted by molar-refractivity contribution is -0.173. The first kappa shape index (κ1) is 19.6. The number of aromatic hydroxyl groups is 1. The molecular weight excluding hydrogens is 398 g/mol. The van der Waals surface area contributed by atoms with Gasteiger partial charge in [-0.25, -0.2) is 0 Å². The van der Waals surface area contributed by atoms with E-state index < -0.39 is 35.5 Å². The van der Waals surface area contributed by atoms with Crippen LogP contribution in [0.2, 0.25) is 0 Å². The zero-order valence-electron chi connectivity index (χ0n) is 17.1. The van der Waals surface area contributed by atoms with Gasteiger partial charge in [0.15, 0.2) is 11.6 Å². The zero-order valence-corrected chi connectivity index (χ0v) is 17.1. The highest BCUT2D eigenvalue weighted by atomic mass is 16.5. The third-order valence-electron chi connectivity index (χ3n) is 7.12. The van der Waals surface area contributed by atoms with Crippen molar-refractivity contribution in [2.45, 2.75) is 32.6 Å². The summed E-state index contributed by atoms with van der Waals surface area (Å²) in [5.41, 5.74) is 2.85. The normalized spacial score (nSPS) is 30.1. The molecule has 31 heavy (non-hydrogen) atoms. The van der Waals surface area contributed by atoms with Crippen LogP contribution in [0, 0.1) is 24.7 Å². The second-order valence-corrected chi connectivity index (χ2v) is 8.73. The van der Waals surface area contributed by atoms with Crippen LogP contribution in [-0.2, 0) is 19.2 Å². The van der Waals surface area contributed by atoms with Gasteiger partial charge in [-0.3, -0.25) is 24.4 Å². The van der Waals surface area contributed by atoms with Gasteiger partial charge >= 0.3 is 0 Å². The van der Waals surface area contributed by atoms with Crippen LogP contribution in [0.1, 0.15) is 36.8 Å². The summed E-state index contributed by atoms with van der Waals surface area (Å²) < 4.78 is 0. The Bertz CT molecular complexity index is 1190. The summed E-state index contributed by atoms with van der Waals surface area (Å²) in [7, 11) is 0. The summed E-state index contributed by atoms with van der Waals surface area (Å²) in [6.07, 6.45) is 3.57. The summed E-state index contributed by atoms with van der Waals surface area (Å²) in [6, 6.07) is 5.24. The maximum atomic E-state index is 13.1. The number of hydroxylamine groups is 2. The molecule has 0 spiro atoms. The second-order valence-electron chi connectivity index (χ2n) is 8.73. The number of amides is 2. The van der Waals surface area contributed by atoms with Gasteiger partial charge in [0.2, 0.25) is 0 Å². The van der Waals surface area contributed by atoms with Gasteiger partial charge in [0, 0.05) is 28.2 Å². The molecule has 0 bridgehead atoms. The number of phenols is 1. The molecule has 4 unspecified atom stereocenters. The van der Waals surface area contributed by atoms with Crippen molar-refractivity contribution in [3.05, 3.63) is 63.8 Å². The molecule has 1 fully saturated rings. The molecule has 1 saturated heterocycles. The first-order valence-electron chi connectivity index (χ1n) is 10.3. The number of nitrogens with zero attached hydrogens (tertiary/aromatic N) is 1. The summed E-state index contributed by atoms with van der Waals surface area (Å²) in [5, 5.41) is 21.0. The Morgan fingerprint density at radius 3 is 2.52 bits per heavy atom. The average Bonchev–Trinajstić information content (AvgIpc) is 2.97. The Labute approximate surface area is 178 Å². The van der Waals surface area contributed by atoms with E-state index >= 15 is 0 Å². The van der Waals surface area contributed by atoms with Gasteiger partial charge in [-0.05, 0) is 44.2 Å². The van der Waals surface area contributed by atoms with Crippen molar-refractivity contribution in [2.24, 2.45) is 17.8 Å². The molecule has 0 aromatic heterocycles. The highest BCUT2D eigenvalue weighted by Gasteiger charge is 2.56. The van der Waals surface area contributed by atoms with Crippen LogP contribution in [0.3, 0.4) is 0 Å². The smallest absolute Gasteiger partial charge is 0.257 e. The van der Waals surface area contributed by atoms with Crippen LogP contribution < -0.4 is 0 Å². The molecule has 1 aromatic carbocycles. The molecular formula is C24H21NO6. The number of Topliss-reactive ketones (excluding diaryl/α,β-unsaturated/α-hetero) is 1. The number of carbonyl (C=O) groups is 4. The van der Waals surface area contributed by atoms with Crippen molar-refractivity contribution in [2.75, 3.05) is 0 Å². The van der Waals surface area contributed by atoms with Crippen molar-refractivity contribution < 1.29 is 29.5 Å². The van der Waals surface area contributed by atoms with Gasteiger partial charge in [-0.15, -0.1) is 0 Å². The fraction of sp³-hybridized carbons (Fsp3) is 0.333. The molecule has 3 aliphatic carbocycles. The quantitative estimate of drug-likeness (QED) is 0.313. The number of allylic oxidation sites excluding steroid dienone is 6. The lowest BCUT2D eigenvalue weighted by Gasteiger charge is -2.42. The second kappa shape index (κ2) is 6.59. The topological polar surface area (TPSA) is 112 Å². The van der Waals surface area contributed by atoms with Crippen LogP contribution in [0.15, 0.2) is 52.6 Å². The minimum absolute atomic E-state index is 0.0344. The number of imide groups is 1. The van der Waals surface area contributed by atoms with Crippen molar-refractivity contribution in [1.82, 2.24) is 5.06 Å². The Balaban J connectivity index is 1.75. The van der Waals surface area contributed by atoms with Crippen LogP contribution >= 0.6 is 0 Å². The summed E-state index contributed by atoms with van der Waals surface area (Å²) in [6.45, 7) is 3.33. The van der Waals surface area contributed by atoms with Crippen molar-refractivity contribution in [3.63, 3.8) is 0 Å². The number of hydrogen-bond acceptors (Lipinski definition) is 6. The molecule has 1 aliphatic heterocycles. The molecule has 0 radical (unpaired) electrons. The van der Waals surface area contributed by atoms with Crippen LogP contribution in [0.25, 0.3) is 0 Å². The van der Waals surface area contributed by atoms with Gasteiger partial charge in [0.1, 0.15) is 5.75 Å². The maximum absolute atomic E-state index is 13.1. The fourth-order valence-electron chi connectivity index (χ4n) is 5.64. The van der Waals surface area contributed by atoms with Gasteiger partial charge < -0.3 is 5.11 Å². The Morgan fingerprint density at radius 1 is 1.03 bits per heavy atom. The highest BCUT2D eigenvalue weighted by Crippen LogP contribution is 2.55. The summed E-state index contributed by atoms with van der Waals surface area (Å²) in [4.78, 5) is 51.2. The van der Waals surface area contributed by atoms with E-state index in [-0.39, 0.29) is 35.2 Å². The predicted molar refractivity (Wildman–Crippen MR) is 108 cm³/mol. The molecule has 1 aromatic rings. The molecule has 0 saturated carbocycles. The minimum Gasteiger partial charge on any atom is -0.507 e. The predicted octanol–water partition coefficient (Wildman–Crippen LogP) is 2.52. The SMILES string of the molecule is CC1=CC(=O)C2=C(CC3C(=CCC4C(=O)N(O)C(=O)C43)C2c2cccc(C)c2O)C1=O. The molecule has 2 N–H and O–H groups in total. The van der Waals surface area contributed by atoms with Gasteiger partial charge in [0.25, 0.3) is 11.8 Å². The van der Waals surface area contributed by atoms with Crippen LogP contribution in [-0.4, -0.2) is 38.8 Å².